The first-order chi connectivity index (χ1) is 11.0. The van der Waals surface area contributed by atoms with Gasteiger partial charge in [0, 0.05) is 5.69 Å². The van der Waals surface area contributed by atoms with E-state index in [-0.39, 0.29) is 0 Å². The van der Waals surface area contributed by atoms with E-state index in [1.54, 1.807) is 0 Å². The summed E-state index contributed by atoms with van der Waals surface area (Å²) in [5.74, 6) is 1.14. The summed E-state index contributed by atoms with van der Waals surface area (Å²) >= 11 is 0. The second-order valence-electron chi connectivity index (χ2n) is 5.90. The van der Waals surface area contributed by atoms with Gasteiger partial charge in [-0.2, -0.15) is 0 Å². The Kier molecular flexibility index (Phi) is 10.9. The molecule has 0 aliphatic carbocycles. The molecule has 4 nitrogen and oxygen atoms in total. The molecule has 2 aromatic rings. The maximum absolute atomic E-state index is 4.65. The maximum Gasteiger partial charge on any atom is 0.224 e. The highest BCUT2D eigenvalue weighted by Gasteiger charge is 2.11. The molecule has 0 fully saturated rings. The largest absolute Gasteiger partial charge is 0.242 e. The highest BCUT2D eigenvalue weighted by atomic mass is 16.6. The summed E-state index contributed by atoms with van der Waals surface area (Å²) in [6, 6.07) is 2.02. The van der Waals surface area contributed by atoms with Crippen molar-refractivity contribution in [3.63, 3.8) is 0 Å². The number of allylic oxidation sites excluding steroid dienone is 2. The highest BCUT2D eigenvalue weighted by molar-refractivity contribution is 5.73. The summed E-state index contributed by atoms with van der Waals surface area (Å²) in [7, 11) is 0. The third-order valence-corrected chi connectivity index (χ3v) is 2.99. The van der Waals surface area contributed by atoms with E-state index >= 15 is 0 Å². The molecule has 0 spiro atoms. The minimum atomic E-state index is 0.413. The van der Waals surface area contributed by atoms with E-state index < -0.39 is 0 Å². The fourth-order valence-corrected chi connectivity index (χ4v) is 1.91. The molecule has 0 aromatic carbocycles. The molecule has 0 atom stereocenters. The minimum Gasteiger partial charge on any atom is -0.242 e. The summed E-state index contributed by atoms with van der Waals surface area (Å²) in [5.41, 5.74) is 3.47. The van der Waals surface area contributed by atoms with Crippen LogP contribution >= 0.6 is 0 Å². The van der Waals surface area contributed by atoms with Crippen molar-refractivity contribution in [2.75, 3.05) is 0 Å². The Hall–Kier alpha value is -1.71. The summed E-state index contributed by atoms with van der Waals surface area (Å²) in [4.78, 5) is 4.21. The SMILES string of the molecule is CC.CCC/C=C/C(C)C.Cc1cc(C(C)C)c2nonc2n1. The Morgan fingerprint density at radius 1 is 1.13 bits per heavy atom. The molecule has 0 unspecified atom stereocenters. The van der Waals surface area contributed by atoms with Crippen LogP contribution < -0.4 is 0 Å². The van der Waals surface area contributed by atoms with Gasteiger partial charge in [0.15, 0.2) is 5.52 Å². The maximum atomic E-state index is 4.65. The van der Waals surface area contributed by atoms with E-state index in [2.05, 4.69) is 66.7 Å². The lowest BCUT2D eigenvalue weighted by Gasteiger charge is -2.04. The van der Waals surface area contributed by atoms with Gasteiger partial charge in [-0.15, -0.1) is 0 Å². The molecule has 0 aliphatic heterocycles. The molecule has 0 aliphatic rings. The van der Waals surface area contributed by atoms with Crippen LogP contribution in [0.4, 0.5) is 0 Å². The fraction of sp³-hybridized carbons (Fsp3) is 0.632. The number of hydrogen-bond donors (Lipinski definition) is 0. The zero-order chi connectivity index (χ0) is 17.8. The van der Waals surface area contributed by atoms with Gasteiger partial charge in [0.25, 0.3) is 0 Å². The standard InChI is InChI=1S/C9H11N3O.C8H16.C2H6/c1-5(2)7-4-6(3)10-9-8(7)11-13-12-9;1-4-5-6-7-8(2)3;1-2/h4-5H,1-3H3;6-8H,4-5H2,1-3H3;1-2H3/b;7-6+;. The zero-order valence-electron chi connectivity index (χ0n) is 16.1. The third-order valence-electron chi connectivity index (χ3n) is 2.99. The van der Waals surface area contributed by atoms with Gasteiger partial charge in [-0.3, -0.25) is 0 Å². The molecule has 0 radical (unpaired) electrons. The first-order valence-electron chi connectivity index (χ1n) is 8.72. The average molecular weight is 319 g/mol. The smallest absolute Gasteiger partial charge is 0.224 e. The predicted molar refractivity (Wildman–Crippen MR) is 98.7 cm³/mol. The second kappa shape index (κ2) is 11.8. The summed E-state index contributed by atoms with van der Waals surface area (Å²) in [6.45, 7) is 16.8. The average Bonchev–Trinajstić information content (AvgIpc) is 2.97. The molecule has 130 valence electrons. The summed E-state index contributed by atoms with van der Waals surface area (Å²) in [6.07, 6.45) is 7.01. The van der Waals surface area contributed by atoms with Gasteiger partial charge < -0.3 is 0 Å². The second-order valence-corrected chi connectivity index (χ2v) is 5.90. The lowest BCUT2D eigenvalue weighted by molar-refractivity contribution is 0.314. The molecule has 0 saturated carbocycles. The third kappa shape index (κ3) is 7.91. The Morgan fingerprint density at radius 2 is 1.78 bits per heavy atom. The molecule has 23 heavy (non-hydrogen) atoms. The van der Waals surface area contributed by atoms with Crippen molar-refractivity contribution in [2.45, 2.75) is 74.1 Å². The molecular formula is C19H33N3O. The monoisotopic (exact) mass is 319 g/mol. The first kappa shape index (κ1) is 21.3. The van der Waals surface area contributed by atoms with Crippen LogP contribution in [-0.2, 0) is 0 Å². The van der Waals surface area contributed by atoms with Crippen LogP contribution in [0.25, 0.3) is 11.2 Å². The fourth-order valence-electron chi connectivity index (χ4n) is 1.91. The minimum absolute atomic E-state index is 0.413. The molecule has 0 amide bonds. The van der Waals surface area contributed by atoms with Crippen molar-refractivity contribution in [2.24, 2.45) is 5.92 Å². The van der Waals surface area contributed by atoms with Crippen molar-refractivity contribution in [3.8, 4) is 0 Å². The van der Waals surface area contributed by atoms with Gasteiger partial charge >= 0.3 is 0 Å². The van der Waals surface area contributed by atoms with Gasteiger partial charge in [-0.1, -0.05) is 67.0 Å². The molecule has 2 aromatic heterocycles. The molecule has 2 rings (SSSR count). The number of nitrogens with zero attached hydrogens (tertiary/aromatic N) is 3. The van der Waals surface area contributed by atoms with Crippen molar-refractivity contribution in [3.05, 3.63) is 29.5 Å². The van der Waals surface area contributed by atoms with Crippen molar-refractivity contribution < 1.29 is 4.63 Å². The van der Waals surface area contributed by atoms with E-state index in [0.29, 0.717) is 11.6 Å². The Morgan fingerprint density at radius 3 is 2.30 bits per heavy atom. The normalized spacial score (nSPS) is 10.7. The first-order valence-corrected chi connectivity index (χ1v) is 8.72. The topological polar surface area (TPSA) is 51.8 Å². The van der Waals surface area contributed by atoms with Crippen LogP contribution in [0.1, 0.15) is 78.5 Å². The van der Waals surface area contributed by atoms with Gasteiger partial charge in [-0.05, 0) is 47.1 Å². The zero-order valence-corrected chi connectivity index (χ0v) is 16.1. The quantitative estimate of drug-likeness (QED) is 0.641. The number of hydrogen-bond acceptors (Lipinski definition) is 4. The number of aryl methyl sites for hydroxylation is 1. The van der Waals surface area contributed by atoms with E-state index in [1.165, 1.54) is 12.8 Å². The van der Waals surface area contributed by atoms with Gasteiger partial charge in [0.05, 0.1) is 0 Å². The van der Waals surface area contributed by atoms with Gasteiger partial charge in [0.2, 0.25) is 5.65 Å². The lowest BCUT2D eigenvalue weighted by Crippen LogP contribution is -1.93. The number of unbranched alkanes of at least 4 members (excludes halogenated alkanes) is 1. The van der Waals surface area contributed by atoms with Crippen LogP contribution in [0.5, 0.6) is 0 Å². The van der Waals surface area contributed by atoms with Crippen LogP contribution in [0.2, 0.25) is 0 Å². The molecule has 4 heteroatoms. The molecule has 2 heterocycles. The van der Waals surface area contributed by atoms with Crippen molar-refractivity contribution in [1.82, 2.24) is 15.3 Å². The highest BCUT2D eigenvalue weighted by Crippen LogP contribution is 2.22. The van der Waals surface area contributed by atoms with Crippen molar-refractivity contribution in [1.29, 1.82) is 0 Å². The van der Waals surface area contributed by atoms with Crippen LogP contribution in [0, 0.1) is 12.8 Å². The number of fused-ring (bicyclic) bond motifs is 1. The summed E-state index contributed by atoms with van der Waals surface area (Å²) in [5, 5.41) is 7.56. The van der Waals surface area contributed by atoms with Crippen LogP contribution in [0.3, 0.4) is 0 Å². The van der Waals surface area contributed by atoms with Crippen molar-refractivity contribution >= 4 is 11.2 Å². The van der Waals surface area contributed by atoms with E-state index in [9.17, 15) is 0 Å². The number of rotatable bonds is 4. The van der Waals surface area contributed by atoms with E-state index in [4.69, 9.17) is 0 Å². The Labute approximate surface area is 141 Å². The predicted octanol–water partition coefficient (Wildman–Crippen LogP) is 6.07. The molecule has 0 N–H and O–H groups in total. The molecule has 0 saturated heterocycles. The van der Waals surface area contributed by atoms with Crippen LogP contribution in [-0.4, -0.2) is 15.3 Å². The van der Waals surface area contributed by atoms with Gasteiger partial charge in [-0.25, -0.2) is 9.61 Å². The summed E-state index contributed by atoms with van der Waals surface area (Å²) < 4.78 is 4.65. The lowest BCUT2D eigenvalue weighted by atomic mass is 10.0. The van der Waals surface area contributed by atoms with E-state index in [0.717, 1.165) is 22.7 Å². The number of pyridine rings is 1. The van der Waals surface area contributed by atoms with Gasteiger partial charge in [0.1, 0.15) is 0 Å². The molecule has 0 bridgehead atoms. The Balaban J connectivity index is 0.000000421. The molecular weight excluding hydrogens is 286 g/mol. The Bertz CT molecular complexity index is 571. The van der Waals surface area contributed by atoms with E-state index in [1.807, 2.05) is 26.8 Å². The number of aromatic nitrogens is 3. The van der Waals surface area contributed by atoms with Crippen LogP contribution in [0.15, 0.2) is 22.8 Å².